The number of carbonyl (C=O) groups excluding carboxylic acids is 1. The molecular formula is C23H33N3O2S. The molecule has 2 aromatic rings. The van der Waals surface area contributed by atoms with Crippen LogP contribution < -0.4 is 4.90 Å². The van der Waals surface area contributed by atoms with E-state index in [0.29, 0.717) is 18.9 Å². The molecule has 0 bridgehead atoms. The summed E-state index contributed by atoms with van der Waals surface area (Å²) in [5, 5.41) is 1.30. The van der Waals surface area contributed by atoms with Crippen LogP contribution in [0.3, 0.4) is 0 Å². The smallest absolute Gasteiger partial charge is 0.306 e. The van der Waals surface area contributed by atoms with Gasteiger partial charge in [-0.25, -0.2) is 0 Å². The van der Waals surface area contributed by atoms with Crippen LogP contribution in [0.5, 0.6) is 0 Å². The monoisotopic (exact) mass is 415 g/mol. The Labute approximate surface area is 178 Å². The maximum absolute atomic E-state index is 11.7. The first-order valence-corrected chi connectivity index (χ1v) is 12.0. The predicted molar refractivity (Wildman–Crippen MR) is 120 cm³/mol. The fourth-order valence-corrected chi connectivity index (χ4v) is 5.62. The summed E-state index contributed by atoms with van der Waals surface area (Å²) in [6, 6.07) is 8.55. The second-order valence-corrected chi connectivity index (χ2v) is 9.32. The van der Waals surface area contributed by atoms with E-state index in [4.69, 9.17) is 9.11 Å². The largest absolute Gasteiger partial charge is 0.466 e. The normalized spacial score (nSPS) is 23.4. The summed E-state index contributed by atoms with van der Waals surface area (Å²) in [6.45, 7) is 7.99. The first kappa shape index (κ1) is 20.6. The molecule has 2 aliphatic rings. The van der Waals surface area contributed by atoms with Crippen molar-refractivity contribution < 1.29 is 9.53 Å². The highest BCUT2D eigenvalue weighted by molar-refractivity contribution is 7.13. The molecule has 0 unspecified atom stereocenters. The van der Waals surface area contributed by atoms with Gasteiger partial charge in [-0.05, 0) is 68.2 Å². The summed E-state index contributed by atoms with van der Waals surface area (Å²) >= 11 is 1.61. The molecule has 0 spiro atoms. The van der Waals surface area contributed by atoms with Gasteiger partial charge in [-0.1, -0.05) is 25.0 Å². The van der Waals surface area contributed by atoms with Crippen molar-refractivity contribution in [2.75, 3.05) is 44.2 Å². The van der Waals surface area contributed by atoms with E-state index >= 15 is 0 Å². The summed E-state index contributed by atoms with van der Waals surface area (Å²) in [7, 11) is 0. The van der Waals surface area contributed by atoms with Gasteiger partial charge in [-0.2, -0.15) is 4.37 Å². The molecule has 4 rings (SSSR count). The molecule has 1 aromatic heterocycles. The Bertz CT molecular complexity index is 792. The third-order valence-electron chi connectivity index (χ3n) is 6.61. The minimum atomic E-state index is -0.0123. The van der Waals surface area contributed by atoms with Crippen LogP contribution in [-0.2, 0) is 9.53 Å². The molecule has 6 heteroatoms. The highest BCUT2D eigenvalue weighted by Gasteiger charge is 2.25. The lowest BCUT2D eigenvalue weighted by Crippen LogP contribution is -2.47. The molecule has 0 atom stereocenters. The number of carbonyl (C=O) groups is 1. The van der Waals surface area contributed by atoms with Gasteiger partial charge >= 0.3 is 5.97 Å². The molecule has 0 radical (unpaired) electrons. The molecule has 1 saturated carbocycles. The molecule has 5 nitrogen and oxygen atoms in total. The lowest BCUT2D eigenvalue weighted by molar-refractivity contribution is -0.144. The highest BCUT2D eigenvalue weighted by atomic mass is 32.1. The summed E-state index contributed by atoms with van der Waals surface area (Å²) in [5.41, 5.74) is 0. The van der Waals surface area contributed by atoms with Crippen LogP contribution in [0.25, 0.3) is 10.1 Å². The molecule has 1 aliphatic heterocycles. The number of nitrogens with zero attached hydrogens (tertiary/aromatic N) is 3. The highest BCUT2D eigenvalue weighted by Crippen LogP contribution is 2.33. The second-order valence-electron chi connectivity index (χ2n) is 8.52. The van der Waals surface area contributed by atoms with E-state index < -0.39 is 0 Å². The van der Waals surface area contributed by atoms with E-state index in [2.05, 4.69) is 34.1 Å². The standard InChI is InChI=1S/C23H33N3O2S/c1-2-28-22(27)17-19-9-7-18(8-10-19)11-12-25-13-15-26(16-14-25)23-20-5-3-4-6-21(20)29-24-23/h3-6,18-19H,2,7-17H2,1H3. The van der Waals surface area contributed by atoms with Gasteiger partial charge in [0.15, 0.2) is 0 Å². The number of benzene rings is 1. The van der Waals surface area contributed by atoms with E-state index in [-0.39, 0.29) is 5.97 Å². The molecule has 2 fully saturated rings. The third-order valence-corrected chi connectivity index (χ3v) is 7.43. The van der Waals surface area contributed by atoms with Crippen LogP contribution >= 0.6 is 11.5 Å². The third kappa shape index (κ3) is 5.28. The zero-order chi connectivity index (χ0) is 20.1. The van der Waals surface area contributed by atoms with Crippen LogP contribution in [0.4, 0.5) is 5.82 Å². The number of anilines is 1. The SMILES string of the molecule is CCOC(=O)CC1CCC(CCN2CCN(c3nsc4ccccc34)CC2)CC1. The van der Waals surface area contributed by atoms with Gasteiger partial charge in [0, 0.05) is 38.0 Å². The topological polar surface area (TPSA) is 45.7 Å². The molecule has 2 heterocycles. The Morgan fingerprint density at radius 2 is 1.83 bits per heavy atom. The second kappa shape index (κ2) is 9.90. The van der Waals surface area contributed by atoms with Gasteiger partial charge in [0.2, 0.25) is 0 Å². The van der Waals surface area contributed by atoms with Crippen molar-refractivity contribution in [1.82, 2.24) is 9.27 Å². The molecule has 1 aromatic carbocycles. The van der Waals surface area contributed by atoms with Crippen LogP contribution in [0.15, 0.2) is 24.3 Å². The Hall–Kier alpha value is -1.66. The fourth-order valence-electron chi connectivity index (χ4n) is 4.83. The van der Waals surface area contributed by atoms with E-state index in [9.17, 15) is 4.79 Å². The Morgan fingerprint density at radius 1 is 1.10 bits per heavy atom. The summed E-state index contributed by atoms with van der Waals surface area (Å²) in [6.07, 6.45) is 6.84. The summed E-state index contributed by atoms with van der Waals surface area (Å²) in [5.74, 6) is 2.53. The lowest BCUT2D eigenvalue weighted by Gasteiger charge is -2.36. The zero-order valence-electron chi connectivity index (χ0n) is 17.5. The van der Waals surface area contributed by atoms with E-state index in [1.54, 1.807) is 11.5 Å². The van der Waals surface area contributed by atoms with Gasteiger partial charge in [0.1, 0.15) is 5.82 Å². The number of esters is 1. The van der Waals surface area contributed by atoms with Crippen LogP contribution in [0, 0.1) is 11.8 Å². The minimum absolute atomic E-state index is 0.0123. The van der Waals surface area contributed by atoms with Crippen molar-refractivity contribution in [3.05, 3.63) is 24.3 Å². The Balaban J connectivity index is 1.17. The van der Waals surface area contributed by atoms with Crippen molar-refractivity contribution >= 4 is 33.4 Å². The molecule has 29 heavy (non-hydrogen) atoms. The zero-order valence-corrected chi connectivity index (χ0v) is 18.3. The van der Waals surface area contributed by atoms with Crippen molar-refractivity contribution in [3.63, 3.8) is 0 Å². The maximum Gasteiger partial charge on any atom is 0.306 e. The van der Waals surface area contributed by atoms with Crippen molar-refractivity contribution in [3.8, 4) is 0 Å². The van der Waals surface area contributed by atoms with E-state index in [0.717, 1.165) is 32.1 Å². The number of ether oxygens (including phenoxy) is 1. The van der Waals surface area contributed by atoms with Crippen molar-refractivity contribution in [2.24, 2.45) is 11.8 Å². The summed E-state index contributed by atoms with van der Waals surface area (Å²) < 4.78 is 11.1. The van der Waals surface area contributed by atoms with Gasteiger partial charge in [0.25, 0.3) is 0 Å². The molecule has 1 saturated heterocycles. The Morgan fingerprint density at radius 3 is 2.59 bits per heavy atom. The van der Waals surface area contributed by atoms with E-state index in [1.165, 1.54) is 54.6 Å². The average molecular weight is 416 g/mol. The van der Waals surface area contributed by atoms with Crippen LogP contribution in [0.2, 0.25) is 0 Å². The molecular weight excluding hydrogens is 382 g/mol. The summed E-state index contributed by atoms with van der Waals surface area (Å²) in [4.78, 5) is 16.7. The predicted octanol–water partition coefficient (Wildman–Crippen LogP) is 4.57. The van der Waals surface area contributed by atoms with Gasteiger partial charge in [-0.3, -0.25) is 9.69 Å². The Kier molecular flexibility index (Phi) is 7.03. The number of rotatable bonds is 7. The molecule has 158 valence electrons. The van der Waals surface area contributed by atoms with Crippen LogP contribution in [0.1, 0.15) is 45.4 Å². The molecule has 0 amide bonds. The number of aromatic nitrogens is 1. The van der Waals surface area contributed by atoms with E-state index in [1.807, 2.05) is 6.92 Å². The molecule has 0 N–H and O–H groups in total. The minimum Gasteiger partial charge on any atom is -0.466 e. The number of piperazine rings is 1. The van der Waals surface area contributed by atoms with Gasteiger partial charge in [0.05, 0.1) is 11.3 Å². The van der Waals surface area contributed by atoms with Crippen LogP contribution in [-0.4, -0.2) is 54.6 Å². The quantitative estimate of drug-likeness (QED) is 0.620. The average Bonchev–Trinajstić information content (AvgIpc) is 3.18. The molecule has 1 aliphatic carbocycles. The van der Waals surface area contributed by atoms with Crippen molar-refractivity contribution in [1.29, 1.82) is 0 Å². The number of hydrogen-bond acceptors (Lipinski definition) is 6. The number of fused-ring (bicyclic) bond motifs is 1. The number of hydrogen-bond donors (Lipinski definition) is 0. The first-order valence-electron chi connectivity index (χ1n) is 11.2. The maximum atomic E-state index is 11.7. The first-order chi connectivity index (χ1) is 14.2. The lowest BCUT2D eigenvalue weighted by atomic mass is 9.79. The fraction of sp³-hybridized carbons (Fsp3) is 0.652. The van der Waals surface area contributed by atoms with Crippen molar-refractivity contribution in [2.45, 2.75) is 45.4 Å². The van der Waals surface area contributed by atoms with Gasteiger partial charge < -0.3 is 9.64 Å². The van der Waals surface area contributed by atoms with Gasteiger partial charge in [-0.15, -0.1) is 0 Å².